The molecule has 2 nitrogen and oxygen atoms in total. The molecule has 108 valence electrons. The molecular formula is C18H19NOS. The molecule has 0 saturated carbocycles. The molecule has 0 bridgehead atoms. The van der Waals surface area contributed by atoms with Crippen LogP contribution in [0, 0.1) is 5.41 Å². The Labute approximate surface area is 130 Å². The second-order valence-electron chi connectivity index (χ2n) is 5.91. The lowest BCUT2D eigenvalue weighted by molar-refractivity contribution is 0.225. The van der Waals surface area contributed by atoms with Crippen LogP contribution in [-0.4, -0.2) is 17.8 Å². The van der Waals surface area contributed by atoms with E-state index < -0.39 is 0 Å². The van der Waals surface area contributed by atoms with E-state index in [2.05, 4.69) is 55.4 Å². The Morgan fingerprint density at radius 2 is 2.05 bits per heavy atom. The van der Waals surface area contributed by atoms with Gasteiger partial charge in [-0.15, -0.1) is 11.8 Å². The first-order valence-electron chi connectivity index (χ1n) is 7.04. The fourth-order valence-corrected chi connectivity index (χ4v) is 2.92. The highest BCUT2D eigenvalue weighted by Crippen LogP contribution is 2.39. The van der Waals surface area contributed by atoms with Crippen LogP contribution in [0.1, 0.15) is 25.1 Å². The SMILES string of the molecule is CSc1ccc2c(c1)C(c1ccccn1)=CC(C)(C)CO2. The van der Waals surface area contributed by atoms with Gasteiger partial charge in [-0.2, -0.15) is 0 Å². The quantitative estimate of drug-likeness (QED) is 0.753. The Morgan fingerprint density at radius 3 is 2.76 bits per heavy atom. The summed E-state index contributed by atoms with van der Waals surface area (Å²) in [5, 5.41) is 0. The van der Waals surface area contributed by atoms with Crippen molar-refractivity contribution in [1.29, 1.82) is 0 Å². The van der Waals surface area contributed by atoms with Gasteiger partial charge in [0.15, 0.2) is 0 Å². The minimum Gasteiger partial charge on any atom is -0.492 e. The standard InChI is InChI=1S/C18H19NOS/c1-18(2)11-15(16-6-4-5-9-19-16)14-10-13(21-3)7-8-17(14)20-12-18/h4-11H,12H2,1-3H3. The van der Waals surface area contributed by atoms with Crippen LogP contribution in [0.15, 0.2) is 53.6 Å². The highest BCUT2D eigenvalue weighted by molar-refractivity contribution is 7.98. The van der Waals surface area contributed by atoms with E-state index in [1.165, 1.54) is 4.90 Å². The molecule has 0 amide bonds. The number of rotatable bonds is 2. The van der Waals surface area contributed by atoms with Crippen LogP contribution in [0.2, 0.25) is 0 Å². The van der Waals surface area contributed by atoms with Crippen LogP contribution in [0.4, 0.5) is 0 Å². The summed E-state index contributed by atoms with van der Waals surface area (Å²) in [6, 6.07) is 12.4. The van der Waals surface area contributed by atoms with Crippen molar-refractivity contribution >= 4 is 17.3 Å². The van der Waals surface area contributed by atoms with Crippen molar-refractivity contribution in [1.82, 2.24) is 4.98 Å². The van der Waals surface area contributed by atoms with Crippen molar-refractivity contribution in [3.05, 3.63) is 59.9 Å². The summed E-state index contributed by atoms with van der Waals surface area (Å²) in [7, 11) is 0. The average Bonchev–Trinajstić information content (AvgIpc) is 2.64. The number of hydrogen-bond donors (Lipinski definition) is 0. The smallest absolute Gasteiger partial charge is 0.127 e. The molecule has 1 aromatic carbocycles. The number of thioether (sulfide) groups is 1. The predicted molar refractivity (Wildman–Crippen MR) is 88.8 cm³/mol. The summed E-state index contributed by atoms with van der Waals surface area (Å²) >= 11 is 1.74. The third kappa shape index (κ3) is 2.98. The molecule has 3 heteroatoms. The van der Waals surface area contributed by atoms with Crippen LogP contribution < -0.4 is 4.74 Å². The Bertz CT molecular complexity index is 677. The van der Waals surface area contributed by atoms with Gasteiger partial charge in [-0.1, -0.05) is 26.0 Å². The highest BCUT2D eigenvalue weighted by atomic mass is 32.2. The number of benzene rings is 1. The minimum atomic E-state index is -0.0224. The first kappa shape index (κ1) is 14.2. The van der Waals surface area contributed by atoms with Gasteiger partial charge in [-0.25, -0.2) is 0 Å². The Balaban J connectivity index is 2.21. The minimum absolute atomic E-state index is 0.0224. The molecule has 0 spiro atoms. The van der Waals surface area contributed by atoms with E-state index in [1.807, 2.05) is 18.3 Å². The van der Waals surface area contributed by atoms with Gasteiger partial charge in [0.25, 0.3) is 0 Å². The maximum atomic E-state index is 6.03. The van der Waals surface area contributed by atoms with E-state index in [-0.39, 0.29) is 5.41 Å². The molecule has 1 aliphatic heterocycles. The third-order valence-electron chi connectivity index (χ3n) is 3.55. The molecule has 1 aliphatic rings. The molecule has 1 aromatic heterocycles. The molecule has 0 aliphatic carbocycles. The molecule has 21 heavy (non-hydrogen) atoms. The van der Waals surface area contributed by atoms with Gasteiger partial charge < -0.3 is 4.74 Å². The molecular weight excluding hydrogens is 278 g/mol. The monoisotopic (exact) mass is 297 g/mol. The maximum absolute atomic E-state index is 6.03. The zero-order valence-corrected chi connectivity index (χ0v) is 13.4. The Morgan fingerprint density at radius 1 is 1.19 bits per heavy atom. The van der Waals surface area contributed by atoms with E-state index in [9.17, 15) is 0 Å². The maximum Gasteiger partial charge on any atom is 0.127 e. The van der Waals surface area contributed by atoms with E-state index in [0.717, 1.165) is 22.6 Å². The Hall–Kier alpha value is -1.74. The summed E-state index contributed by atoms with van der Waals surface area (Å²) < 4.78 is 6.03. The molecule has 2 heterocycles. The number of nitrogens with zero attached hydrogens (tertiary/aromatic N) is 1. The topological polar surface area (TPSA) is 22.1 Å². The van der Waals surface area contributed by atoms with Crippen LogP contribution in [-0.2, 0) is 0 Å². The summed E-state index contributed by atoms with van der Waals surface area (Å²) in [4.78, 5) is 5.77. The third-order valence-corrected chi connectivity index (χ3v) is 4.28. The number of pyridine rings is 1. The van der Waals surface area contributed by atoms with E-state index in [0.29, 0.717) is 6.61 Å². The van der Waals surface area contributed by atoms with Crippen LogP contribution in [0.25, 0.3) is 5.57 Å². The van der Waals surface area contributed by atoms with Crippen LogP contribution in [0.5, 0.6) is 5.75 Å². The molecule has 0 saturated heterocycles. The van der Waals surface area contributed by atoms with Crippen molar-refractivity contribution in [2.75, 3.05) is 12.9 Å². The second-order valence-corrected chi connectivity index (χ2v) is 6.79. The Kier molecular flexibility index (Phi) is 3.77. The zero-order valence-electron chi connectivity index (χ0n) is 12.6. The van der Waals surface area contributed by atoms with E-state index >= 15 is 0 Å². The number of hydrogen-bond acceptors (Lipinski definition) is 3. The van der Waals surface area contributed by atoms with Gasteiger partial charge in [0.2, 0.25) is 0 Å². The summed E-state index contributed by atoms with van der Waals surface area (Å²) in [6.45, 7) is 5.06. The molecule has 0 atom stereocenters. The lowest BCUT2D eigenvalue weighted by atomic mass is 9.89. The first-order valence-corrected chi connectivity index (χ1v) is 8.27. The van der Waals surface area contributed by atoms with E-state index in [1.54, 1.807) is 11.8 Å². The number of fused-ring (bicyclic) bond motifs is 1. The van der Waals surface area contributed by atoms with Crippen molar-refractivity contribution in [2.24, 2.45) is 5.41 Å². The van der Waals surface area contributed by atoms with E-state index in [4.69, 9.17) is 4.74 Å². The van der Waals surface area contributed by atoms with Gasteiger partial charge >= 0.3 is 0 Å². The summed E-state index contributed by atoms with van der Waals surface area (Å²) in [6.07, 6.45) is 6.21. The fraction of sp³-hybridized carbons (Fsp3) is 0.278. The average molecular weight is 297 g/mol. The second kappa shape index (κ2) is 5.57. The molecule has 3 rings (SSSR count). The molecule has 2 aromatic rings. The van der Waals surface area contributed by atoms with Gasteiger partial charge in [0.1, 0.15) is 5.75 Å². The van der Waals surface area contributed by atoms with Crippen LogP contribution >= 0.6 is 11.8 Å². The molecule has 0 radical (unpaired) electrons. The lowest BCUT2D eigenvalue weighted by Gasteiger charge is -2.18. The zero-order chi connectivity index (χ0) is 14.9. The van der Waals surface area contributed by atoms with Gasteiger partial charge in [0.05, 0.1) is 12.3 Å². The van der Waals surface area contributed by atoms with Gasteiger partial charge in [-0.05, 0) is 36.6 Å². The number of ether oxygens (including phenoxy) is 1. The van der Waals surface area contributed by atoms with Crippen molar-refractivity contribution < 1.29 is 4.74 Å². The lowest BCUT2D eigenvalue weighted by Crippen LogP contribution is -2.17. The van der Waals surface area contributed by atoms with Crippen molar-refractivity contribution in [3.63, 3.8) is 0 Å². The van der Waals surface area contributed by atoms with Gasteiger partial charge in [-0.3, -0.25) is 4.98 Å². The predicted octanol–water partition coefficient (Wildman–Crippen LogP) is 4.65. The van der Waals surface area contributed by atoms with Crippen LogP contribution in [0.3, 0.4) is 0 Å². The molecule has 0 N–H and O–H groups in total. The fourth-order valence-electron chi connectivity index (χ4n) is 2.48. The highest BCUT2D eigenvalue weighted by Gasteiger charge is 2.25. The van der Waals surface area contributed by atoms with Crippen molar-refractivity contribution in [2.45, 2.75) is 18.7 Å². The normalized spacial score (nSPS) is 16.4. The van der Waals surface area contributed by atoms with Crippen molar-refractivity contribution in [3.8, 4) is 5.75 Å². The van der Waals surface area contributed by atoms with Gasteiger partial charge in [0, 0.05) is 27.6 Å². The molecule has 0 fully saturated rings. The first-order chi connectivity index (χ1) is 10.1. The molecule has 0 unspecified atom stereocenters. The number of aromatic nitrogens is 1. The summed E-state index contributed by atoms with van der Waals surface area (Å²) in [5.74, 6) is 0.940. The summed E-state index contributed by atoms with van der Waals surface area (Å²) in [5.41, 5.74) is 3.26. The largest absolute Gasteiger partial charge is 0.492 e.